The van der Waals surface area contributed by atoms with Crippen molar-refractivity contribution in [2.45, 2.75) is 50.9 Å². The lowest BCUT2D eigenvalue weighted by atomic mass is 9.81. The van der Waals surface area contributed by atoms with E-state index < -0.39 is 5.67 Å². The van der Waals surface area contributed by atoms with Crippen LogP contribution in [0.5, 0.6) is 5.75 Å². The highest BCUT2D eigenvalue weighted by molar-refractivity contribution is 5.31. The van der Waals surface area contributed by atoms with Gasteiger partial charge >= 0.3 is 0 Å². The van der Waals surface area contributed by atoms with Crippen molar-refractivity contribution in [1.29, 1.82) is 0 Å². The van der Waals surface area contributed by atoms with E-state index in [0.29, 0.717) is 30.8 Å². The van der Waals surface area contributed by atoms with Crippen molar-refractivity contribution in [1.82, 2.24) is 9.78 Å². The zero-order valence-electron chi connectivity index (χ0n) is 10.4. The largest absolute Gasteiger partial charge is 0.493 e. The highest BCUT2D eigenvalue weighted by Crippen LogP contribution is 2.43. The van der Waals surface area contributed by atoms with E-state index in [4.69, 9.17) is 10.5 Å². The first-order valence-corrected chi connectivity index (χ1v) is 6.15. The van der Waals surface area contributed by atoms with Crippen molar-refractivity contribution in [3.63, 3.8) is 0 Å². The second-order valence-electron chi connectivity index (χ2n) is 4.70. The zero-order chi connectivity index (χ0) is 12.5. The molecule has 17 heavy (non-hydrogen) atoms. The smallest absolute Gasteiger partial charge is 0.163 e. The third-order valence-corrected chi connectivity index (χ3v) is 3.48. The Hall–Kier alpha value is -1.10. The second-order valence-corrected chi connectivity index (χ2v) is 4.70. The van der Waals surface area contributed by atoms with Gasteiger partial charge in [0.25, 0.3) is 0 Å². The maximum atomic E-state index is 15.1. The number of halogens is 1. The minimum absolute atomic E-state index is 0.0707. The number of nitrogens with two attached hydrogens (primary N) is 1. The summed E-state index contributed by atoms with van der Waals surface area (Å²) >= 11 is 0. The van der Waals surface area contributed by atoms with Gasteiger partial charge in [0.1, 0.15) is 5.69 Å². The van der Waals surface area contributed by atoms with Crippen LogP contribution in [0.4, 0.5) is 4.39 Å². The van der Waals surface area contributed by atoms with Crippen molar-refractivity contribution in [3.8, 4) is 5.75 Å². The Kier molecular flexibility index (Phi) is 3.38. The number of aromatic nitrogens is 2. The normalized spacial score (nSPS) is 29.3. The topological polar surface area (TPSA) is 53.1 Å². The van der Waals surface area contributed by atoms with Gasteiger partial charge in [-0.25, -0.2) is 4.39 Å². The van der Waals surface area contributed by atoms with Gasteiger partial charge in [-0.2, -0.15) is 5.10 Å². The van der Waals surface area contributed by atoms with Gasteiger partial charge in [-0.1, -0.05) is 0 Å². The van der Waals surface area contributed by atoms with E-state index in [1.807, 2.05) is 6.92 Å². The Morgan fingerprint density at radius 3 is 3.06 bits per heavy atom. The van der Waals surface area contributed by atoms with E-state index in [1.54, 1.807) is 18.0 Å². The molecule has 2 N–H and O–H groups in total. The van der Waals surface area contributed by atoms with Crippen molar-refractivity contribution >= 4 is 0 Å². The first-order valence-electron chi connectivity index (χ1n) is 6.15. The second kappa shape index (κ2) is 4.64. The van der Waals surface area contributed by atoms with Crippen molar-refractivity contribution in [2.75, 3.05) is 7.11 Å². The van der Waals surface area contributed by atoms with E-state index in [2.05, 4.69) is 5.10 Å². The molecule has 5 heteroatoms. The number of methoxy groups -OCH3 is 1. The number of ether oxygens (including phenoxy) is 1. The van der Waals surface area contributed by atoms with Crippen molar-refractivity contribution in [2.24, 2.45) is 5.73 Å². The van der Waals surface area contributed by atoms with E-state index in [0.717, 1.165) is 12.8 Å². The summed E-state index contributed by atoms with van der Waals surface area (Å²) < 4.78 is 22.0. The van der Waals surface area contributed by atoms with Gasteiger partial charge in [0.2, 0.25) is 0 Å². The third-order valence-electron chi connectivity index (χ3n) is 3.48. The average molecular weight is 241 g/mol. The molecule has 1 aromatic heterocycles. The third kappa shape index (κ3) is 2.16. The Bertz CT molecular complexity index is 372. The molecule has 0 spiro atoms. The standard InChI is InChI=1S/C12H20FN3O/c1-3-16-11(10(17-2)8-15-16)12(13)6-4-5-9(14)7-12/h8-9H,3-7,14H2,1-2H3. The minimum atomic E-state index is -1.39. The maximum absolute atomic E-state index is 15.1. The summed E-state index contributed by atoms with van der Waals surface area (Å²) in [7, 11) is 1.55. The molecule has 2 atom stereocenters. The molecule has 1 heterocycles. The van der Waals surface area contributed by atoms with E-state index in [-0.39, 0.29) is 6.04 Å². The molecule has 0 bridgehead atoms. The average Bonchev–Trinajstić information content (AvgIpc) is 2.72. The van der Waals surface area contributed by atoms with Gasteiger partial charge in [-0.15, -0.1) is 0 Å². The molecule has 0 aromatic carbocycles. The SMILES string of the molecule is CCn1ncc(OC)c1C1(F)CCCC(N)C1. The maximum Gasteiger partial charge on any atom is 0.163 e. The summed E-state index contributed by atoms with van der Waals surface area (Å²) in [6.07, 6.45) is 4.15. The molecule has 1 fully saturated rings. The van der Waals surface area contributed by atoms with Gasteiger partial charge in [-0.05, 0) is 26.2 Å². The Morgan fingerprint density at radius 2 is 2.47 bits per heavy atom. The van der Waals surface area contributed by atoms with Crippen LogP contribution in [0.2, 0.25) is 0 Å². The van der Waals surface area contributed by atoms with Gasteiger partial charge in [0, 0.05) is 19.0 Å². The highest BCUT2D eigenvalue weighted by atomic mass is 19.1. The van der Waals surface area contributed by atoms with Crippen LogP contribution in [-0.4, -0.2) is 22.9 Å². The predicted octanol–water partition coefficient (Wildman–Crippen LogP) is 1.98. The minimum Gasteiger partial charge on any atom is -0.493 e. The fraction of sp³-hybridized carbons (Fsp3) is 0.750. The van der Waals surface area contributed by atoms with Gasteiger partial charge in [0.05, 0.1) is 13.3 Å². The summed E-state index contributed by atoms with van der Waals surface area (Å²) in [6.45, 7) is 2.58. The number of nitrogens with zero attached hydrogens (tertiary/aromatic N) is 2. The number of rotatable bonds is 3. The van der Waals surface area contributed by atoms with Gasteiger partial charge < -0.3 is 10.5 Å². The summed E-state index contributed by atoms with van der Waals surface area (Å²) in [5, 5.41) is 4.16. The fourth-order valence-corrected chi connectivity index (χ4v) is 2.69. The van der Waals surface area contributed by atoms with Crippen LogP contribution in [0.3, 0.4) is 0 Å². The molecular weight excluding hydrogens is 221 g/mol. The van der Waals surface area contributed by atoms with Crippen molar-refractivity contribution < 1.29 is 9.13 Å². The molecular formula is C12H20FN3O. The number of alkyl halides is 1. The van der Waals surface area contributed by atoms with Crippen LogP contribution >= 0.6 is 0 Å². The van der Waals surface area contributed by atoms with E-state index in [1.165, 1.54) is 0 Å². The number of hydrogen-bond acceptors (Lipinski definition) is 3. The molecule has 1 saturated carbocycles. The highest BCUT2D eigenvalue weighted by Gasteiger charge is 2.42. The molecule has 1 aliphatic carbocycles. The Balaban J connectivity index is 2.39. The Labute approximate surface area is 101 Å². The number of hydrogen-bond donors (Lipinski definition) is 1. The summed E-state index contributed by atoms with van der Waals surface area (Å²) in [5.41, 5.74) is 5.05. The first-order chi connectivity index (χ1) is 8.10. The molecule has 0 radical (unpaired) electrons. The molecule has 2 unspecified atom stereocenters. The predicted molar refractivity (Wildman–Crippen MR) is 63.7 cm³/mol. The summed E-state index contributed by atoms with van der Waals surface area (Å²) in [6, 6.07) is -0.0707. The van der Waals surface area contributed by atoms with Crippen LogP contribution in [0.25, 0.3) is 0 Å². The monoisotopic (exact) mass is 241 g/mol. The van der Waals surface area contributed by atoms with Crippen LogP contribution in [0.15, 0.2) is 6.20 Å². The summed E-state index contributed by atoms with van der Waals surface area (Å²) in [5.74, 6) is 0.531. The van der Waals surface area contributed by atoms with Crippen LogP contribution in [0, 0.1) is 0 Å². The lowest BCUT2D eigenvalue weighted by Gasteiger charge is -2.33. The fourth-order valence-electron chi connectivity index (χ4n) is 2.69. The quantitative estimate of drug-likeness (QED) is 0.880. The lowest BCUT2D eigenvalue weighted by Crippen LogP contribution is -2.37. The van der Waals surface area contributed by atoms with E-state index >= 15 is 4.39 Å². The van der Waals surface area contributed by atoms with Crippen molar-refractivity contribution in [3.05, 3.63) is 11.9 Å². The molecule has 1 aromatic rings. The molecule has 0 amide bonds. The molecule has 0 saturated heterocycles. The van der Waals surface area contributed by atoms with Crippen LogP contribution < -0.4 is 10.5 Å². The molecule has 1 aliphatic rings. The first kappa shape index (κ1) is 12.4. The molecule has 2 rings (SSSR count). The molecule has 0 aliphatic heterocycles. The Morgan fingerprint density at radius 1 is 1.71 bits per heavy atom. The molecule has 4 nitrogen and oxygen atoms in total. The van der Waals surface area contributed by atoms with E-state index in [9.17, 15) is 0 Å². The zero-order valence-corrected chi connectivity index (χ0v) is 10.4. The molecule has 96 valence electrons. The lowest BCUT2D eigenvalue weighted by molar-refractivity contribution is 0.0810. The number of aryl methyl sites for hydroxylation is 1. The van der Waals surface area contributed by atoms with Crippen LogP contribution in [-0.2, 0) is 12.2 Å². The van der Waals surface area contributed by atoms with Gasteiger partial charge in [0.15, 0.2) is 11.4 Å². The van der Waals surface area contributed by atoms with Crippen LogP contribution in [0.1, 0.15) is 38.3 Å². The summed E-state index contributed by atoms with van der Waals surface area (Å²) in [4.78, 5) is 0. The van der Waals surface area contributed by atoms with Gasteiger partial charge in [-0.3, -0.25) is 4.68 Å².